The van der Waals surface area contributed by atoms with E-state index in [-0.39, 0.29) is 10.3 Å². The molecular weight excluding hydrogens is 292 g/mol. The Hall–Kier alpha value is -0.900. The van der Waals surface area contributed by atoms with Gasteiger partial charge in [-0.2, -0.15) is 5.26 Å². The molecule has 0 spiro atoms. The molecule has 2 rings (SSSR count). The standard InChI is InChI=1S/C14H20N2O2S2/c1-2-13(11-6-4-3-5-7-11)16-20(17,18)14-9-8-12(10-15)19-14/h8-9,11,13,16H,2-7H2,1H3. The summed E-state index contributed by atoms with van der Waals surface area (Å²) in [5, 5.41) is 8.79. The highest BCUT2D eigenvalue weighted by Crippen LogP contribution is 2.29. The van der Waals surface area contributed by atoms with Crippen LogP contribution in [0.15, 0.2) is 16.3 Å². The first-order valence-electron chi connectivity index (χ1n) is 7.09. The van der Waals surface area contributed by atoms with Crippen molar-refractivity contribution in [2.75, 3.05) is 0 Å². The lowest BCUT2D eigenvalue weighted by Gasteiger charge is -2.29. The fourth-order valence-electron chi connectivity index (χ4n) is 2.83. The Morgan fingerprint density at radius 3 is 2.65 bits per heavy atom. The Labute approximate surface area is 124 Å². The van der Waals surface area contributed by atoms with Crippen molar-refractivity contribution in [2.24, 2.45) is 5.92 Å². The maximum absolute atomic E-state index is 12.4. The van der Waals surface area contributed by atoms with E-state index in [0.29, 0.717) is 10.8 Å². The van der Waals surface area contributed by atoms with Crippen molar-refractivity contribution in [3.8, 4) is 6.07 Å². The number of nitrogens with one attached hydrogen (secondary N) is 1. The lowest BCUT2D eigenvalue weighted by atomic mass is 9.83. The van der Waals surface area contributed by atoms with E-state index in [4.69, 9.17) is 5.26 Å². The van der Waals surface area contributed by atoms with Crippen molar-refractivity contribution >= 4 is 21.4 Å². The third-order valence-corrected chi connectivity index (χ3v) is 6.89. The minimum absolute atomic E-state index is 0.00735. The fourth-order valence-corrected chi connectivity index (χ4v) is 5.34. The first-order valence-corrected chi connectivity index (χ1v) is 9.39. The maximum atomic E-state index is 12.4. The van der Waals surface area contributed by atoms with Crippen LogP contribution in [-0.4, -0.2) is 14.5 Å². The highest BCUT2D eigenvalue weighted by atomic mass is 32.2. The normalized spacial score (nSPS) is 18.6. The summed E-state index contributed by atoms with van der Waals surface area (Å²) in [6.07, 6.45) is 6.67. The van der Waals surface area contributed by atoms with Crippen LogP contribution in [0.2, 0.25) is 0 Å². The highest BCUT2D eigenvalue weighted by molar-refractivity contribution is 7.91. The Morgan fingerprint density at radius 2 is 2.10 bits per heavy atom. The monoisotopic (exact) mass is 312 g/mol. The highest BCUT2D eigenvalue weighted by Gasteiger charge is 2.27. The maximum Gasteiger partial charge on any atom is 0.250 e. The molecule has 20 heavy (non-hydrogen) atoms. The van der Waals surface area contributed by atoms with Crippen molar-refractivity contribution < 1.29 is 8.42 Å². The van der Waals surface area contributed by atoms with Gasteiger partial charge in [-0.15, -0.1) is 11.3 Å². The summed E-state index contributed by atoms with van der Waals surface area (Å²) in [5.74, 6) is 0.443. The zero-order valence-electron chi connectivity index (χ0n) is 11.6. The fraction of sp³-hybridized carbons (Fsp3) is 0.643. The second kappa shape index (κ2) is 6.70. The first-order chi connectivity index (χ1) is 9.56. The van der Waals surface area contributed by atoms with Crippen LogP contribution in [0.1, 0.15) is 50.3 Å². The van der Waals surface area contributed by atoms with Gasteiger partial charge in [0.1, 0.15) is 15.2 Å². The summed E-state index contributed by atoms with van der Waals surface area (Å²) in [7, 11) is -3.49. The molecule has 110 valence electrons. The van der Waals surface area contributed by atoms with E-state index in [2.05, 4.69) is 4.72 Å². The number of rotatable bonds is 5. The molecule has 6 heteroatoms. The molecule has 1 aliphatic carbocycles. The van der Waals surface area contributed by atoms with Gasteiger partial charge in [-0.25, -0.2) is 13.1 Å². The molecule has 1 saturated carbocycles. The van der Waals surface area contributed by atoms with Crippen LogP contribution < -0.4 is 4.72 Å². The molecule has 4 nitrogen and oxygen atoms in total. The van der Waals surface area contributed by atoms with Crippen molar-refractivity contribution in [3.05, 3.63) is 17.0 Å². The number of hydrogen-bond donors (Lipinski definition) is 1. The van der Waals surface area contributed by atoms with Crippen LogP contribution in [-0.2, 0) is 10.0 Å². The van der Waals surface area contributed by atoms with Crippen LogP contribution in [0.25, 0.3) is 0 Å². The summed E-state index contributed by atoms with van der Waals surface area (Å²) in [5.41, 5.74) is 0. The summed E-state index contributed by atoms with van der Waals surface area (Å²) < 4.78 is 27.8. The lowest BCUT2D eigenvalue weighted by Crippen LogP contribution is -2.40. The Bertz CT molecular complexity index is 581. The summed E-state index contributed by atoms with van der Waals surface area (Å²) >= 11 is 1.03. The minimum Gasteiger partial charge on any atom is -0.207 e. The van der Waals surface area contributed by atoms with Gasteiger partial charge in [0.15, 0.2) is 0 Å². The van der Waals surface area contributed by atoms with Gasteiger partial charge in [0.05, 0.1) is 0 Å². The molecule has 1 atom stereocenters. The predicted molar refractivity (Wildman–Crippen MR) is 80.0 cm³/mol. The van der Waals surface area contributed by atoms with Crippen LogP contribution in [0.4, 0.5) is 0 Å². The smallest absolute Gasteiger partial charge is 0.207 e. The molecule has 1 aromatic heterocycles. The topological polar surface area (TPSA) is 70.0 Å². The first kappa shape index (κ1) is 15.5. The molecule has 0 saturated heterocycles. The number of thiophene rings is 1. The van der Waals surface area contributed by atoms with E-state index < -0.39 is 10.0 Å². The SMILES string of the molecule is CCC(NS(=O)(=O)c1ccc(C#N)s1)C1CCCCC1. The zero-order chi connectivity index (χ0) is 14.6. The Balaban J connectivity index is 2.11. The second-order valence-electron chi connectivity index (χ2n) is 5.26. The van der Waals surface area contributed by atoms with E-state index >= 15 is 0 Å². The average molecular weight is 312 g/mol. The van der Waals surface area contributed by atoms with Crippen molar-refractivity contribution in [1.29, 1.82) is 5.26 Å². The summed E-state index contributed by atoms with van der Waals surface area (Å²) in [6, 6.07) is 5.05. The predicted octanol–water partition coefficient (Wildman–Crippen LogP) is 3.26. The van der Waals surface area contributed by atoms with Gasteiger partial charge in [-0.1, -0.05) is 26.2 Å². The number of nitriles is 1. The molecule has 0 aliphatic heterocycles. The van der Waals surface area contributed by atoms with Crippen LogP contribution in [0, 0.1) is 17.2 Å². The molecule has 0 radical (unpaired) electrons. The number of hydrogen-bond acceptors (Lipinski definition) is 4. The van der Waals surface area contributed by atoms with Crippen LogP contribution in [0.3, 0.4) is 0 Å². The quantitative estimate of drug-likeness (QED) is 0.907. The van der Waals surface area contributed by atoms with E-state index in [1.807, 2.05) is 13.0 Å². The van der Waals surface area contributed by atoms with Gasteiger partial charge in [0.25, 0.3) is 0 Å². The molecule has 0 aromatic carbocycles. The van der Waals surface area contributed by atoms with Gasteiger partial charge in [0.2, 0.25) is 10.0 Å². The van der Waals surface area contributed by atoms with E-state index in [1.165, 1.54) is 25.3 Å². The van der Waals surface area contributed by atoms with E-state index in [0.717, 1.165) is 30.6 Å². The molecule has 1 aromatic rings. The van der Waals surface area contributed by atoms with Crippen molar-refractivity contribution in [1.82, 2.24) is 4.72 Å². The molecular formula is C14H20N2O2S2. The molecule has 1 unspecified atom stereocenters. The van der Waals surface area contributed by atoms with Crippen molar-refractivity contribution in [2.45, 2.75) is 55.7 Å². The molecule has 1 N–H and O–H groups in total. The van der Waals surface area contributed by atoms with Crippen molar-refractivity contribution in [3.63, 3.8) is 0 Å². The van der Waals surface area contributed by atoms with Gasteiger partial charge >= 0.3 is 0 Å². The lowest BCUT2D eigenvalue weighted by molar-refractivity contribution is 0.285. The zero-order valence-corrected chi connectivity index (χ0v) is 13.3. The van der Waals surface area contributed by atoms with E-state index in [9.17, 15) is 8.42 Å². The number of nitrogens with zero attached hydrogens (tertiary/aromatic N) is 1. The number of sulfonamides is 1. The third kappa shape index (κ3) is 3.60. The van der Waals surface area contributed by atoms with Gasteiger partial charge < -0.3 is 0 Å². The van der Waals surface area contributed by atoms with E-state index in [1.54, 1.807) is 6.07 Å². The van der Waals surface area contributed by atoms with Gasteiger partial charge in [0, 0.05) is 6.04 Å². The molecule has 0 bridgehead atoms. The van der Waals surface area contributed by atoms with Crippen LogP contribution in [0.5, 0.6) is 0 Å². The largest absolute Gasteiger partial charge is 0.250 e. The Morgan fingerprint density at radius 1 is 1.40 bits per heavy atom. The van der Waals surface area contributed by atoms with Gasteiger partial charge in [-0.05, 0) is 37.3 Å². The molecule has 0 amide bonds. The minimum atomic E-state index is -3.49. The summed E-state index contributed by atoms with van der Waals surface area (Å²) in [4.78, 5) is 0.427. The average Bonchev–Trinajstić information content (AvgIpc) is 2.95. The third-order valence-electron chi connectivity index (χ3n) is 3.92. The molecule has 1 aliphatic rings. The second-order valence-corrected chi connectivity index (χ2v) is 8.29. The summed E-state index contributed by atoms with van der Waals surface area (Å²) in [6.45, 7) is 2.02. The van der Waals surface area contributed by atoms with Gasteiger partial charge in [-0.3, -0.25) is 0 Å². The van der Waals surface area contributed by atoms with Crippen LogP contribution >= 0.6 is 11.3 Å². The molecule has 1 heterocycles. The Kier molecular flexibility index (Phi) is 5.19. The molecule has 1 fully saturated rings.